The van der Waals surface area contributed by atoms with E-state index in [2.05, 4.69) is 35.1 Å². The normalized spacial score (nSPS) is 22.3. The molecule has 6 heteroatoms. The van der Waals surface area contributed by atoms with Gasteiger partial charge >= 0.3 is 0 Å². The molecule has 0 radical (unpaired) electrons. The molecular formula is C12H23N3O2S. The highest BCUT2D eigenvalue weighted by Gasteiger charge is 2.24. The third-order valence-corrected chi connectivity index (χ3v) is 3.54. The number of hydrogen-bond donors (Lipinski definition) is 3. The van der Waals surface area contributed by atoms with Gasteiger partial charge in [-0.1, -0.05) is 6.92 Å². The molecule has 0 saturated carbocycles. The number of nitrogens with zero attached hydrogens (tertiary/aromatic N) is 1. The van der Waals surface area contributed by atoms with E-state index in [9.17, 15) is 9.59 Å². The summed E-state index contributed by atoms with van der Waals surface area (Å²) in [7, 11) is 0. The van der Waals surface area contributed by atoms with Gasteiger partial charge in [0.25, 0.3) is 0 Å². The van der Waals surface area contributed by atoms with Crippen LogP contribution < -0.4 is 10.6 Å². The van der Waals surface area contributed by atoms with Crippen molar-refractivity contribution >= 4 is 24.4 Å². The van der Waals surface area contributed by atoms with E-state index in [1.54, 1.807) is 0 Å². The van der Waals surface area contributed by atoms with Crippen molar-refractivity contribution in [1.29, 1.82) is 0 Å². The van der Waals surface area contributed by atoms with Crippen LogP contribution in [-0.4, -0.2) is 54.2 Å². The molecule has 1 aliphatic heterocycles. The first-order valence-electron chi connectivity index (χ1n) is 6.47. The number of thiol groups is 1. The van der Waals surface area contributed by atoms with E-state index < -0.39 is 6.04 Å². The molecule has 2 amide bonds. The minimum atomic E-state index is -0.539. The van der Waals surface area contributed by atoms with Crippen LogP contribution in [0.2, 0.25) is 0 Å². The monoisotopic (exact) mass is 273 g/mol. The maximum atomic E-state index is 12.0. The molecule has 1 rings (SSSR count). The van der Waals surface area contributed by atoms with Gasteiger partial charge in [0, 0.05) is 25.3 Å². The third-order valence-electron chi connectivity index (χ3n) is 3.18. The van der Waals surface area contributed by atoms with E-state index in [-0.39, 0.29) is 17.9 Å². The first kappa shape index (κ1) is 15.3. The highest BCUT2D eigenvalue weighted by Crippen LogP contribution is 2.09. The molecule has 1 fully saturated rings. The fourth-order valence-electron chi connectivity index (χ4n) is 2.20. The zero-order chi connectivity index (χ0) is 13.5. The van der Waals surface area contributed by atoms with Crippen LogP contribution in [0.1, 0.15) is 26.7 Å². The number of likely N-dealkylation sites (N-methyl/N-ethyl adjacent to an activating group) is 1. The molecule has 1 aliphatic rings. The van der Waals surface area contributed by atoms with Crippen LogP contribution in [0.25, 0.3) is 0 Å². The van der Waals surface area contributed by atoms with Crippen molar-refractivity contribution in [3.8, 4) is 0 Å². The summed E-state index contributed by atoms with van der Waals surface area (Å²) in [6, 6.07) is -0.356. The van der Waals surface area contributed by atoms with Crippen LogP contribution in [0.3, 0.4) is 0 Å². The fraction of sp³-hybridized carbons (Fsp3) is 0.833. The number of piperidine rings is 1. The van der Waals surface area contributed by atoms with Crippen molar-refractivity contribution in [2.75, 3.05) is 25.4 Å². The summed E-state index contributed by atoms with van der Waals surface area (Å²) >= 11 is 4.10. The van der Waals surface area contributed by atoms with E-state index in [1.165, 1.54) is 6.92 Å². The Hall–Kier alpha value is -0.750. The first-order valence-corrected chi connectivity index (χ1v) is 7.10. The van der Waals surface area contributed by atoms with Crippen molar-refractivity contribution in [3.63, 3.8) is 0 Å². The van der Waals surface area contributed by atoms with Gasteiger partial charge in [-0.2, -0.15) is 12.6 Å². The molecule has 2 atom stereocenters. The number of rotatable bonds is 5. The van der Waals surface area contributed by atoms with Crippen LogP contribution in [0.5, 0.6) is 0 Å². The predicted octanol–water partition coefficient (Wildman–Crippen LogP) is 0.0214. The van der Waals surface area contributed by atoms with Gasteiger partial charge in [-0.3, -0.25) is 9.59 Å². The second kappa shape index (κ2) is 7.63. The largest absolute Gasteiger partial charge is 0.350 e. The Morgan fingerprint density at radius 1 is 1.50 bits per heavy atom. The van der Waals surface area contributed by atoms with Crippen LogP contribution in [-0.2, 0) is 9.59 Å². The van der Waals surface area contributed by atoms with Gasteiger partial charge in [0.2, 0.25) is 11.8 Å². The van der Waals surface area contributed by atoms with E-state index in [1.807, 2.05) is 0 Å². The Morgan fingerprint density at radius 2 is 2.22 bits per heavy atom. The molecule has 1 saturated heterocycles. The smallest absolute Gasteiger partial charge is 0.243 e. The van der Waals surface area contributed by atoms with Gasteiger partial charge < -0.3 is 15.5 Å². The molecule has 2 N–H and O–H groups in total. The topological polar surface area (TPSA) is 61.4 Å². The Labute approximate surface area is 114 Å². The maximum Gasteiger partial charge on any atom is 0.243 e. The summed E-state index contributed by atoms with van der Waals surface area (Å²) in [5, 5.41) is 5.60. The van der Waals surface area contributed by atoms with E-state index in [0.717, 1.165) is 32.5 Å². The van der Waals surface area contributed by atoms with Gasteiger partial charge in [-0.05, 0) is 25.9 Å². The number of hydrogen-bond acceptors (Lipinski definition) is 4. The predicted molar refractivity (Wildman–Crippen MR) is 74.7 cm³/mol. The third kappa shape index (κ3) is 4.86. The molecule has 0 bridgehead atoms. The summed E-state index contributed by atoms with van der Waals surface area (Å²) in [5.41, 5.74) is 0. The van der Waals surface area contributed by atoms with Crippen LogP contribution in [0.15, 0.2) is 0 Å². The number of carbonyl (C=O) groups excluding carboxylic acids is 2. The van der Waals surface area contributed by atoms with Crippen molar-refractivity contribution in [2.24, 2.45) is 0 Å². The fourth-order valence-corrected chi connectivity index (χ4v) is 2.46. The molecule has 0 aliphatic carbocycles. The van der Waals surface area contributed by atoms with Crippen molar-refractivity contribution in [3.05, 3.63) is 0 Å². The zero-order valence-corrected chi connectivity index (χ0v) is 12.0. The van der Waals surface area contributed by atoms with Crippen LogP contribution in [0.4, 0.5) is 0 Å². The quantitative estimate of drug-likeness (QED) is 0.619. The second-order valence-electron chi connectivity index (χ2n) is 4.68. The molecule has 0 aromatic heterocycles. The average Bonchev–Trinajstić information content (AvgIpc) is 2.35. The number of carbonyl (C=O) groups is 2. The molecule has 1 heterocycles. The molecule has 0 aromatic carbocycles. The van der Waals surface area contributed by atoms with Gasteiger partial charge in [0.1, 0.15) is 6.04 Å². The SMILES string of the molecule is CCN1CCCC(NC(=O)C(CS)NC(C)=O)C1. The number of likely N-dealkylation sites (tertiary alicyclic amines) is 1. The van der Waals surface area contributed by atoms with Crippen molar-refractivity contribution < 1.29 is 9.59 Å². The van der Waals surface area contributed by atoms with Gasteiger partial charge in [-0.25, -0.2) is 0 Å². The first-order chi connectivity index (χ1) is 8.56. The highest BCUT2D eigenvalue weighted by atomic mass is 32.1. The van der Waals surface area contributed by atoms with Crippen LogP contribution >= 0.6 is 12.6 Å². The van der Waals surface area contributed by atoms with Crippen molar-refractivity contribution in [2.45, 2.75) is 38.8 Å². The van der Waals surface area contributed by atoms with Gasteiger partial charge in [0.15, 0.2) is 0 Å². The van der Waals surface area contributed by atoms with Gasteiger partial charge in [-0.15, -0.1) is 0 Å². The standard InChI is InChI=1S/C12H23N3O2S/c1-3-15-6-4-5-10(7-15)14-12(17)11(8-18)13-9(2)16/h10-11,18H,3-8H2,1-2H3,(H,13,16)(H,14,17). The maximum absolute atomic E-state index is 12.0. The molecular weight excluding hydrogens is 250 g/mol. The Morgan fingerprint density at radius 3 is 2.78 bits per heavy atom. The lowest BCUT2D eigenvalue weighted by Gasteiger charge is -2.33. The number of amides is 2. The zero-order valence-electron chi connectivity index (χ0n) is 11.1. The highest BCUT2D eigenvalue weighted by molar-refractivity contribution is 7.80. The molecule has 0 aromatic rings. The number of nitrogens with one attached hydrogen (secondary N) is 2. The second-order valence-corrected chi connectivity index (χ2v) is 5.04. The summed E-state index contributed by atoms with van der Waals surface area (Å²) in [4.78, 5) is 25.3. The molecule has 2 unspecified atom stereocenters. The van der Waals surface area contributed by atoms with Crippen molar-refractivity contribution in [1.82, 2.24) is 15.5 Å². The lowest BCUT2D eigenvalue weighted by molar-refractivity contribution is -0.128. The minimum absolute atomic E-state index is 0.136. The molecule has 104 valence electrons. The van der Waals surface area contributed by atoms with E-state index >= 15 is 0 Å². The molecule has 18 heavy (non-hydrogen) atoms. The Kier molecular flexibility index (Phi) is 6.49. The molecule has 0 spiro atoms. The summed E-state index contributed by atoms with van der Waals surface area (Å²) in [5.74, 6) is -0.0264. The van der Waals surface area contributed by atoms with Gasteiger partial charge in [0.05, 0.1) is 0 Å². The Balaban J connectivity index is 2.44. The lowest BCUT2D eigenvalue weighted by atomic mass is 10.1. The van der Waals surface area contributed by atoms with E-state index in [0.29, 0.717) is 5.75 Å². The molecule has 5 nitrogen and oxygen atoms in total. The van der Waals surface area contributed by atoms with E-state index in [4.69, 9.17) is 0 Å². The minimum Gasteiger partial charge on any atom is -0.350 e. The average molecular weight is 273 g/mol. The summed E-state index contributed by atoms with van der Waals surface area (Å²) in [6.07, 6.45) is 2.10. The lowest BCUT2D eigenvalue weighted by Crippen LogP contribution is -2.54. The summed E-state index contributed by atoms with van der Waals surface area (Å²) in [6.45, 7) is 6.53. The van der Waals surface area contributed by atoms with Crippen LogP contribution in [0, 0.1) is 0 Å². The summed E-state index contributed by atoms with van der Waals surface area (Å²) < 4.78 is 0. The Bertz CT molecular complexity index is 299.